The van der Waals surface area contributed by atoms with Gasteiger partial charge in [-0.1, -0.05) is 11.6 Å². The van der Waals surface area contributed by atoms with Crippen molar-refractivity contribution in [2.75, 3.05) is 6.61 Å². The van der Waals surface area contributed by atoms with Crippen LogP contribution in [0.2, 0.25) is 5.02 Å². The molecule has 1 fully saturated rings. The van der Waals surface area contributed by atoms with Gasteiger partial charge in [0, 0.05) is 11.6 Å². The lowest BCUT2D eigenvalue weighted by Crippen LogP contribution is -1.99. The van der Waals surface area contributed by atoms with Gasteiger partial charge < -0.3 is 4.74 Å². The van der Waals surface area contributed by atoms with Crippen molar-refractivity contribution in [2.45, 2.75) is 19.8 Å². The highest BCUT2D eigenvalue weighted by Crippen LogP contribution is 2.31. The van der Waals surface area contributed by atoms with Crippen LogP contribution in [-0.2, 0) is 0 Å². The Morgan fingerprint density at radius 3 is 2.79 bits per heavy atom. The summed E-state index contributed by atoms with van der Waals surface area (Å²) < 4.78 is 18.6. The molecule has 76 valence electrons. The molecule has 1 nitrogen and oxygen atoms in total. The SMILES string of the molecule is Cc1c(F)cc(OCC2CC2)cc1Cl. The molecule has 1 aromatic carbocycles. The predicted octanol–water partition coefficient (Wildman–Crippen LogP) is 3.58. The van der Waals surface area contributed by atoms with Gasteiger partial charge in [0.25, 0.3) is 0 Å². The Kier molecular flexibility index (Phi) is 2.64. The van der Waals surface area contributed by atoms with Gasteiger partial charge in [0.05, 0.1) is 11.6 Å². The Balaban J connectivity index is 2.08. The Labute approximate surface area is 87.8 Å². The number of rotatable bonds is 3. The molecule has 14 heavy (non-hydrogen) atoms. The highest BCUT2D eigenvalue weighted by Gasteiger charge is 2.22. The summed E-state index contributed by atoms with van der Waals surface area (Å²) in [6.45, 7) is 2.33. The van der Waals surface area contributed by atoms with Gasteiger partial charge >= 0.3 is 0 Å². The second-order valence-corrected chi connectivity index (χ2v) is 4.17. The van der Waals surface area contributed by atoms with E-state index in [9.17, 15) is 4.39 Å². The Hall–Kier alpha value is -0.760. The van der Waals surface area contributed by atoms with E-state index >= 15 is 0 Å². The van der Waals surface area contributed by atoms with Crippen molar-refractivity contribution in [3.05, 3.63) is 28.5 Å². The van der Waals surface area contributed by atoms with Crippen molar-refractivity contribution in [3.63, 3.8) is 0 Å². The van der Waals surface area contributed by atoms with E-state index < -0.39 is 0 Å². The number of halogens is 2. The smallest absolute Gasteiger partial charge is 0.131 e. The van der Waals surface area contributed by atoms with Crippen molar-refractivity contribution in [2.24, 2.45) is 5.92 Å². The van der Waals surface area contributed by atoms with Crippen LogP contribution in [0, 0.1) is 18.7 Å². The zero-order valence-electron chi connectivity index (χ0n) is 8.02. The molecule has 1 saturated carbocycles. The Morgan fingerprint density at radius 2 is 2.21 bits per heavy atom. The minimum atomic E-state index is -0.303. The second kappa shape index (κ2) is 3.77. The molecule has 0 saturated heterocycles. The van der Waals surface area contributed by atoms with Gasteiger partial charge in [0.2, 0.25) is 0 Å². The Morgan fingerprint density at radius 1 is 1.50 bits per heavy atom. The summed E-state index contributed by atoms with van der Waals surface area (Å²) in [6, 6.07) is 3.06. The van der Waals surface area contributed by atoms with Crippen LogP contribution in [0.25, 0.3) is 0 Å². The normalized spacial score (nSPS) is 15.6. The lowest BCUT2D eigenvalue weighted by molar-refractivity contribution is 0.298. The van der Waals surface area contributed by atoms with Crippen LogP contribution in [0.15, 0.2) is 12.1 Å². The minimum absolute atomic E-state index is 0.303. The first-order valence-electron chi connectivity index (χ1n) is 4.75. The fraction of sp³-hybridized carbons (Fsp3) is 0.455. The third kappa shape index (κ3) is 2.18. The van der Waals surface area contributed by atoms with Gasteiger partial charge in [0.1, 0.15) is 11.6 Å². The fourth-order valence-electron chi connectivity index (χ4n) is 1.20. The predicted molar refractivity (Wildman–Crippen MR) is 54.4 cm³/mol. The van der Waals surface area contributed by atoms with Crippen LogP contribution in [0.3, 0.4) is 0 Å². The van der Waals surface area contributed by atoms with E-state index in [1.54, 1.807) is 13.0 Å². The van der Waals surface area contributed by atoms with Crippen LogP contribution in [0.5, 0.6) is 5.75 Å². The number of ether oxygens (including phenoxy) is 1. The average molecular weight is 215 g/mol. The first-order chi connectivity index (χ1) is 6.66. The molecule has 0 aromatic heterocycles. The molecule has 0 N–H and O–H groups in total. The summed E-state index contributed by atoms with van der Waals surface area (Å²) >= 11 is 5.83. The van der Waals surface area contributed by atoms with Crippen molar-refractivity contribution in [1.82, 2.24) is 0 Å². The molecule has 0 amide bonds. The molecule has 3 heteroatoms. The van der Waals surface area contributed by atoms with E-state index in [0.717, 1.165) is 0 Å². The third-order valence-corrected chi connectivity index (χ3v) is 2.83. The van der Waals surface area contributed by atoms with Crippen LogP contribution in [-0.4, -0.2) is 6.61 Å². The van der Waals surface area contributed by atoms with E-state index in [-0.39, 0.29) is 5.82 Å². The molecule has 1 aromatic rings. The maximum atomic E-state index is 13.2. The molecule has 1 aliphatic carbocycles. The second-order valence-electron chi connectivity index (χ2n) is 3.77. The summed E-state index contributed by atoms with van der Waals surface area (Å²) in [5.41, 5.74) is 0.477. The third-order valence-electron chi connectivity index (χ3n) is 2.44. The van der Waals surface area contributed by atoms with E-state index in [0.29, 0.717) is 28.9 Å². The monoisotopic (exact) mass is 214 g/mol. The zero-order chi connectivity index (χ0) is 10.1. The van der Waals surface area contributed by atoms with Crippen LogP contribution >= 0.6 is 11.6 Å². The van der Waals surface area contributed by atoms with Gasteiger partial charge in [-0.25, -0.2) is 4.39 Å². The first kappa shape index (κ1) is 9.78. The highest BCUT2D eigenvalue weighted by molar-refractivity contribution is 6.31. The van der Waals surface area contributed by atoms with E-state index in [2.05, 4.69) is 0 Å². The van der Waals surface area contributed by atoms with Gasteiger partial charge in [-0.05, 0) is 31.7 Å². The van der Waals surface area contributed by atoms with E-state index in [1.165, 1.54) is 18.9 Å². The molecule has 0 aliphatic heterocycles. The average Bonchev–Trinajstić information content (AvgIpc) is 2.94. The molecule has 0 bridgehead atoms. The minimum Gasteiger partial charge on any atom is -0.493 e. The van der Waals surface area contributed by atoms with Gasteiger partial charge in [-0.2, -0.15) is 0 Å². The molecular weight excluding hydrogens is 203 g/mol. The summed E-state index contributed by atoms with van der Waals surface area (Å²) in [7, 11) is 0. The summed E-state index contributed by atoms with van der Waals surface area (Å²) in [4.78, 5) is 0. The number of hydrogen-bond acceptors (Lipinski definition) is 1. The van der Waals surface area contributed by atoms with Crippen LogP contribution in [0.1, 0.15) is 18.4 Å². The molecule has 2 rings (SSSR count). The summed E-state index contributed by atoms with van der Waals surface area (Å²) in [6.07, 6.45) is 2.45. The van der Waals surface area contributed by atoms with Crippen LogP contribution < -0.4 is 4.74 Å². The Bertz CT molecular complexity index is 324. The van der Waals surface area contributed by atoms with Gasteiger partial charge in [0.15, 0.2) is 0 Å². The summed E-state index contributed by atoms with van der Waals surface area (Å²) in [5, 5.41) is 0.427. The van der Waals surface area contributed by atoms with Crippen molar-refractivity contribution in [3.8, 4) is 5.75 Å². The standard InChI is InChI=1S/C11H12ClFO/c1-7-10(12)4-9(5-11(7)13)14-6-8-2-3-8/h4-5,8H,2-3,6H2,1H3. The van der Waals surface area contributed by atoms with Crippen molar-refractivity contribution < 1.29 is 9.13 Å². The molecular formula is C11H12ClFO. The first-order valence-corrected chi connectivity index (χ1v) is 5.13. The molecule has 1 aliphatic rings. The fourth-order valence-corrected chi connectivity index (χ4v) is 1.40. The lowest BCUT2D eigenvalue weighted by Gasteiger charge is -2.07. The van der Waals surface area contributed by atoms with Crippen molar-refractivity contribution >= 4 is 11.6 Å². The van der Waals surface area contributed by atoms with Gasteiger partial charge in [-0.15, -0.1) is 0 Å². The maximum Gasteiger partial charge on any atom is 0.131 e. The molecule has 0 atom stereocenters. The topological polar surface area (TPSA) is 9.23 Å². The molecule has 0 heterocycles. The van der Waals surface area contributed by atoms with Gasteiger partial charge in [-0.3, -0.25) is 0 Å². The highest BCUT2D eigenvalue weighted by atomic mass is 35.5. The maximum absolute atomic E-state index is 13.2. The number of hydrogen-bond donors (Lipinski definition) is 0. The van der Waals surface area contributed by atoms with E-state index in [1.807, 2.05) is 0 Å². The number of benzene rings is 1. The molecule has 0 radical (unpaired) electrons. The summed E-state index contributed by atoms with van der Waals surface area (Å²) in [5.74, 6) is 0.895. The van der Waals surface area contributed by atoms with Crippen molar-refractivity contribution in [1.29, 1.82) is 0 Å². The zero-order valence-corrected chi connectivity index (χ0v) is 8.77. The molecule has 0 unspecified atom stereocenters. The largest absolute Gasteiger partial charge is 0.493 e. The quantitative estimate of drug-likeness (QED) is 0.748. The van der Waals surface area contributed by atoms with Crippen LogP contribution in [0.4, 0.5) is 4.39 Å². The van der Waals surface area contributed by atoms with E-state index in [4.69, 9.17) is 16.3 Å². The lowest BCUT2D eigenvalue weighted by atomic mass is 10.2. The molecule has 0 spiro atoms.